The Labute approximate surface area is 404 Å². The minimum Gasteiger partial charge on any atom is -0.309 e. The zero-order chi connectivity index (χ0) is 45.9. The van der Waals surface area contributed by atoms with E-state index in [1.54, 1.807) is 0 Å². The molecule has 1 heteroatoms. The van der Waals surface area contributed by atoms with Gasteiger partial charge in [-0.15, -0.1) is 0 Å². The number of benzene rings is 12. The molecule has 12 aromatic rings. The zero-order valence-electron chi connectivity index (χ0n) is 38.1. The van der Waals surface area contributed by atoms with Crippen molar-refractivity contribution < 1.29 is 0 Å². The highest BCUT2D eigenvalue weighted by Crippen LogP contribution is 2.49. The summed E-state index contributed by atoms with van der Waals surface area (Å²) >= 11 is 0. The monoisotopic (exact) mass is 877 g/mol. The molecule has 0 N–H and O–H groups in total. The van der Waals surface area contributed by atoms with Crippen LogP contribution >= 0.6 is 0 Å². The van der Waals surface area contributed by atoms with Crippen LogP contribution in [-0.4, -0.2) is 0 Å². The molecule has 0 bridgehead atoms. The van der Waals surface area contributed by atoms with Crippen molar-refractivity contribution in [1.82, 2.24) is 0 Å². The molecule has 0 aliphatic carbocycles. The van der Waals surface area contributed by atoms with Crippen LogP contribution in [0.2, 0.25) is 0 Å². The summed E-state index contributed by atoms with van der Waals surface area (Å²) in [4.78, 5) is 2.46. The molecule has 324 valence electrons. The first kappa shape index (κ1) is 41.4. The van der Waals surface area contributed by atoms with Gasteiger partial charge in [0.05, 0.1) is 11.4 Å². The maximum absolute atomic E-state index is 2.46. The number of fused-ring (bicyclic) bond motifs is 3. The Morgan fingerprint density at radius 2 is 0.507 bits per heavy atom. The van der Waals surface area contributed by atoms with Gasteiger partial charge in [-0.05, 0) is 131 Å². The molecule has 0 unspecified atom stereocenters. The van der Waals surface area contributed by atoms with Gasteiger partial charge in [-0.25, -0.2) is 0 Å². The summed E-state index contributed by atoms with van der Waals surface area (Å²) in [6, 6.07) is 104. The van der Waals surface area contributed by atoms with E-state index in [-0.39, 0.29) is 0 Å². The molecule has 0 aliphatic rings. The third kappa shape index (κ3) is 7.97. The van der Waals surface area contributed by atoms with Crippen LogP contribution in [0.25, 0.3) is 99.4 Å². The summed E-state index contributed by atoms with van der Waals surface area (Å²) in [6.07, 6.45) is 0. The predicted molar refractivity (Wildman–Crippen MR) is 294 cm³/mol. The van der Waals surface area contributed by atoms with Gasteiger partial charge in [0.15, 0.2) is 0 Å². The van der Waals surface area contributed by atoms with Crippen LogP contribution < -0.4 is 4.90 Å². The largest absolute Gasteiger partial charge is 0.309 e. The maximum atomic E-state index is 2.46. The second kappa shape index (κ2) is 18.3. The van der Waals surface area contributed by atoms with E-state index in [0.717, 1.165) is 44.9 Å². The second-order valence-electron chi connectivity index (χ2n) is 17.6. The smallest absolute Gasteiger partial charge is 0.0540 e. The highest BCUT2D eigenvalue weighted by molar-refractivity contribution is 6.22. The molecule has 0 saturated heterocycles. The lowest BCUT2D eigenvalue weighted by Crippen LogP contribution is -2.13. The fourth-order valence-corrected chi connectivity index (χ4v) is 10.2. The third-order valence-electron chi connectivity index (χ3n) is 13.5. The molecular formula is C68H47N. The number of nitrogens with zero attached hydrogens (tertiary/aromatic N) is 1. The quantitative estimate of drug-likeness (QED) is 0.124. The summed E-state index contributed by atoms with van der Waals surface area (Å²) in [6.45, 7) is 0. The first-order chi connectivity index (χ1) is 34.2. The first-order valence-corrected chi connectivity index (χ1v) is 23.7. The number of anilines is 3. The maximum Gasteiger partial charge on any atom is 0.0540 e. The molecule has 12 rings (SSSR count). The summed E-state index contributed by atoms with van der Waals surface area (Å²) in [5.41, 5.74) is 19.8. The Hall–Kier alpha value is -9.04. The van der Waals surface area contributed by atoms with Crippen molar-refractivity contribution >= 4 is 38.6 Å². The topological polar surface area (TPSA) is 3.24 Å². The van der Waals surface area contributed by atoms with Gasteiger partial charge in [0.1, 0.15) is 0 Å². The van der Waals surface area contributed by atoms with E-state index in [1.165, 1.54) is 71.6 Å². The van der Waals surface area contributed by atoms with Crippen LogP contribution in [0.15, 0.2) is 285 Å². The molecule has 12 aromatic carbocycles. The van der Waals surface area contributed by atoms with Gasteiger partial charge in [-0.1, -0.05) is 243 Å². The van der Waals surface area contributed by atoms with Gasteiger partial charge in [0.2, 0.25) is 0 Å². The highest BCUT2D eigenvalue weighted by atomic mass is 15.1. The SMILES string of the molecule is c1ccc(-c2ccc(N(c3ccc(-c4ccc5c(c4)c(-c4ccccc4)c(-c4ccccc4)c4ccccc45)cc3)c3ccc(-c4ccccc4)cc3-c3ccccc3)c(-c3ccccc3)c2)cc1. The van der Waals surface area contributed by atoms with Gasteiger partial charge in [0.25, 0.3) is 0 Å². The van der Waals surface area contributed by atoms with Crippen LogP contribution in [0, 0.1) is 0 Å². The normalized spacial score (nSPS) is 11.2. The van der Waals surface area contributed by atoms with Crippen LogP contribution in [0.1, 0.15) is 0 Å². The highest BCUT2D eigenvalue weighted by Gasteiger charge is 2.23. The molecular weight excluding hydrogens is 831 g/mol. The first-order valence-electron chi connectivity index (χ1n) is 23.7. The summed E-state index contributed by atoms with van der Waals surface area (Å²) in [7, 11) is 0. The van der Waals surface area contributed by atoms with Crippen molar-refractivity contribution in [3.8, 4) is 77.9 Å². The van der Waals surface area contributed by atoms with Gasteiger partial charge in [-0.3, -0.25) is 0 Å². The fourth-order valence-electron chi connectivity index (χ4n) is 10.2. The lowest BCUT2D eigenvalue weighted by molar-refractivity contribution is 1.28. The lowest BCUT2D eigenvalue weighted by atomic mass is 9.84. The van der Waals surface area contributed by atoms with Crippen molar-refractivity contribution in [3.63, 3.8) is 0 Å². The van der Waals surface area contributed by atoms with Crippen molar-refractivity contribution in [3.05, 3.63) is 285 Å². The molecule has 0 amide bonds. The average molecular weight is 878 g/mol. The van der Waals surface area contributed by atoms with Gasteiger partial charge in [-0.2, -0.15) is 0 Å². The molecule has 0 aliphatic heterocycles. The van der Waals surface area contributed by atoms with E-state index >= 15 is 0 Å². The molecule has 0 saturated carbocycles. The number of hydrogen-bond acceptors (Lipinski definition) is 1. The molecule has 0 spiro atoms. The predicted octanol–water partition coefficient (Wildman–Crippen LogP) is 19.1. The van der Waals surface area contributed by atoms with E-state index in [9.17, 15) is 0 Å². The minimum absolute atomic E-state index is 1.07. The molecule has 0 fully saturated rings. The second-order valence-corrected chi connectivity index (χ2v) is 17.6. The summed E-state index contributed by atoms with van der Waals surface area (Å²) in [5, 5.41) is 4.99. The number of rotatable bonds is 10. The molecule has 1 nitrogen and oxygen atoms in total. The molecule has 0 radical (unpaired) electrons. The van der Waals surface area contributed by atoms with Crippen LogP contribution in [0.3, 0.4) is 0 Å². The molecule has 0 heterocycles. The third-order valence-corrected chi connectivity index (χ3v) is 13.5. The van der Waals surface area contributed by atoms with Crippen LogP contribution in [0.4, 0.5) is 17.1 Å². The zero-order valence-corrected chi connectivity index (χ0v) is 38.1. The van der Waals surface area contributed by atoms with E-state index in [0.29, 0.717) is 0 Å². The molecule has 0 atom stereocenters. The summed E-state index contributed by atoms with van der Waals surface area (Å²) < 4.78 is 0. The van der Waals surface area contributed by atoms with Gasteiger partial charge < -0.3 is 4.90 Å². The van der Waals surface area contributed by atoms with E-state index in [4.69, 9.17) is 0 Å². The Morgan fingerprint density at radius 1 is 0.188 bits per heavy atom. The van der Waals surface area contributed by atoms with Crippen LogP contribution in [0.5, 0.6) is 0 Å². The van der Waals surface area contributed by atoms with Crippen molar-refractivity contribution in [1.29, 1.82) is 0 Å². The fraction of sp³-hybridized carbons (Fsp3) is 0. The number of hydrogen-bond donors (Lipinski definition) is 0. The van der Waals surface area contributed by atoms with E-state index < -0.39 is 0 Å². The Morgan fingerprint density at radius 3 is 0.971 bits per heavy atom. The molecule has 0 aromatic heterocycles. The molecule has 69 heavy (non-hydrogen) atoms. The van der Waals surface area contributed by atoms with Crippen LogP contribution in [-0.2, 0) is 0 Å². The van der Waals surface area contributed by atoms with Gasteiger partial charge in [0, 0.05) is 16.8 Å². The standard InChI is InChI=1S/C68H47N/c1-7-21-48(22-8-1)56-38-43-65(62(45-56)51-25-11-3-12-26-51)69(66-44-39-57(49-23-9-2-10-24-49)46-63(66)52-27-13-4-14-28-52)58-40-35-50(36-41-58)55-37-42-60-59-33-19-20-34-61(59)67(53-29-15-5-16-30-53)68(64(60)47-55)54-31-17-6-18-32-54/h1-47H. The van der Waals surface area contributed by atoms with Crippen molar-refractivity contribution in [2.24, 2.45) is 0 Å². The Bertz CT molecular complexity index is 3590. The van der Waals surface area contributed by atoms with E-state index in [2.05, 4.69) is 290 Å². The van der Waals surface area contributed by atoms with Crippen molar-refractivity contribution in [2.45, 2.75) is 0 Å². The Balaban J connectivity index is 1.07. The van der Waals surface area contributed by atoms with Crippen molar-refractivity contribution in [2.75, 3.05) is 4.90 Å². The van der Waals surface area contributed by atoms with Gasteiger partial charge >= 0.3 is 0 Å². The minimum atomic E-state index is 1.07. The summed E-state index contributed by atoms with van der Waals surface area (Å²) in [5.74, 6) is 0. The Kier molecular flexibility index (Phi) is 11.0. The average Bonchev–Trinajstić information content (AvgIpc) is 3.44. The van der Waals surface area contributed by atoms with E-state index in [1.807, 2.05) is 0 Å². The lowest BCUT2D eigenvalue weighted by Gasteiger charge is -2.31.